The van der Waals surface area contributed by atoms with E-state index in [0.717, 1.165) is 25.3 Å². The molecule has 3 aromatic rings. The minimum Gasteiger partial charge on any atom is -0.467 e. The van der Waals surface area contributed by atoms with Crippen LogP contribution in [0.3, 0.4) is 0 Å². The third kappa shape index (κ3) is 2.46. The minimum atomic E-state index is 0.208. The van der Waals surface area contributed by atoms with Crippen molar-refractivity contribution in [2.45, 2.75) is 19.0 Å². The van der Waals surface area contributed by atoms with Gasteiger partial charge in [0.2, 0.25) is 0 Å². The molecule has 0 spiro atoms. The van der Waals surface area contributed by atoms with Crippen LogP contribution in [0.4, 0.5) is 0 Å². The van der Waals surface area contributed by atoms with Crippen molar-refractivity contribution >= 4 is 0 Å². The maximum atomic E-state index is 5.76. The van der Waals surface area contributed by atoms with E-state index in [1.54, 1.807) is 6.26 Å². The second kappa shape index (κ2) is 5.82. The van der Waals surface area contributed by atoms with Gasteiger partial charge in [0.1, 0.15) is 5.76 Å². The minimum absolute atomic E-state index is 0.208. The molecule has 1 aliphatic heterocycles. The summed E-state index contributed by atoms with van der Waals surface area (Å²) >= 11 is 0. The maximum absolute atomic E-state index is 5.76. The normalized spacial score (nSPS) is 18.1. The van der Waals surface area contributed by atoms with E-state index >= 15 is 0 Å². The van der Waals surface area contributed by atoms with E-state index in [-0.39, 0.29) is 6.04 Å². The number of benzene rings is 2. The molecule has 0 N–H and O–H groups in total. The Balaban J connectivity index is 1.72. The molecule has 2 aromatic carbocycles. The van der Waals surface area contributed by atoms with Crippen LogP contribution in [0.2, 0.25) is 0 Å². The highest BCUT2D eigenvalue weighted by Crippen LogP contribution is 2.36. The molecule has 110 valence electrons. The lowest BCUT2D eigenvalue weighted by molar-refractivity contribution is 0.183. The van der Waals surface area contributed by atoms with Crippen molar-refractivity contribution in [2.75, 3.05) is 6.54 Å². The average Bonchev–Trinajstić information content (AvgIpc) is 3.10. The summed E-state index contributed by atoms with van der Waals surface area (Å²) < 4.78 is 5.76. The molecule has 2 heteroatoms. The van der Waals surface area contributed by atoms with E-state index in [1.165, 1.54) is 16.7 Å². The Kier molecular flexibility index (Phi) is 3.53. The van der Waals surface area contributed by atoms with Crippen molar-refractivity contribution in [1.29, 1.82) is 0 Å². The summed E-state index contributed by atoms with van der Waals surface area (Å²) in [5, 5.41) is 0. The smallest absolute Gasteiger partial charge is 0.125 e. The fourth-order valence-corrected chi connectivity index (χ4v) is 3.39. The summed E-state index contributed by atoms with van der Waals surface area (Å²) in [6.45, 7) is 2.00. The Labute approximate surface area is 131 Å². The number of furan rings is 1. The van der Waals surface area contributed by atoms with Crippen LogP contribution in [-0.4, -0.2) is 11.4 Å². The highest BCUT2D eigenvalue weighted by Gasteiger charge is 2.30. The lowest BCUT2D eigenvalue weighted by Crippen LogP contribution is -2.35. The Bertz CT molecular complexity index is 733. The van der Waals surface area contributed by atoms with Crippen LogP contribution in [0.15, 0.2) is 77.4 Å². The van der Waals surface area contributed by atoms with Gasteiger partial charge in [-0.2, -0.15) is 0 Å². The van der Waals surface area contributed by atoms with E-state index in [1.807, 2.05) is 6.07 Å². The molecular formula is C20H19NO. The Morgan fingerprint density at radius 2 is 1.73 bits per heavy atom. The fourth-order valence-electron chi connectivity index (χ4n) is 3.39. The number of nitrogens with zero attached hydrogens (tertiary/aromatic N) is 1. The molecule has 1 aliphatic rings. The summed E-state index contributed by atoms with van der Waals surface area (Å²) in [4.78, 5) is 2.51. The van der Waals surface area contributed by atoms with E-state index in [2.05, 4.69) is 65.6 Å². The quantitative estimate of drug-likeness (QED) is 0.709. The molecule has 0 amide bonds. The second-order valence-electron chi connectivity index (χ2n) is 5.82. The van der Waals surface area contributed by atoms with Crippen molar-refractivity contribution < 1.29 is 4.42 Å². The first-order valence-corrected chi connectivity index (χ1v) is 7.81. The lowest BCUT2D eigenvalue weighted by Gasteiger charge is -2.36. The predicted molar refractivity (Wildman–Crippen MR) is 87.5 cm³/mol. The molecule has 2 nitrogen and oxygen atoms in total. The van der Waals surface area contributed by atoms with Gasteiger partial charge in [0, 0.05) is 13.1 Å². The Morgan fingerprint density at radius 3 is 2.55 bits per heavy atom. The van der Waals surface area contributed by atoms with Crippen LogP contribution in [-0.2, 0) is 13.0 Å². The summed E-state index contributed by atoms with van der Waals surface area (Å²) in [7, 11) is 0. The van der Waals surface area contributed by atoms with Crippen LogP contribution >= 0.6 is 0 Å². The molecule has 2 heterocycles. The largest absolute Gasteiger partial charge is 0.467 e. The molecule has 0 saturated heterocycles. The molecular weight excluding hydrogens is 270 g/mol. The molecule has 0 saturated carbocycles. The van der Waals surface area contributed by atoms with Crippen LogP contribution in [0.5, 0.6) is 0 Å². The Morgan fingerprint density at radius 1 is 0.909 bits per heavy atom. The molecule has 0 aliphatic carbocycles. The molecule has 4 rings (SSSR count). The molecule has 1 unspecified atom stereocenters. The van der Waals surface area contributed by atoms with E-state index < -0.39 is 0 Å². The van der Waals surface area contributed by atoms with E-state index in [4.69, 9.17) is 4.42 Å². The predicted octanol–water partition coefficient (Wildman–Crippen LogP) is 4.43. The van der Waals surface area contributed by atoms with Gasteiger partial charge in [0.25, 0.3) is 0 Å². The van der Waals surface area contributed by atoms with Crippen LogP contribution < -0.4 is 0 Å². The van der Waals surface area contributed by atoms with Crippen LogP contribution in [0.1, 0.15) is 28.5 Å². The summed E-state index contributed by atoms with van der Waals surface area (Å²) in [5.74, 6) is 1.03. The van der Waals surface area contributed by atoms with Gasteiger partial charge in [-0.1, -0.05) is 54.6 Å². The topological polar surface area (TPSA) is 16.4 Å². The standard InChI is InChI=1S/C20H19NO/c1-2-7-16(8-3-1)15-21-13-12-17-9-4-5-10-18(17)20(21)19-11-6-14-22-19/h1-11,14,20H,12-13,15H2. The highest BCUT2D eigenvalue weighted by molar-refractivity contribution is 5.37. The fraction of sp³-hybridized carbons (Fsp3) is 0.200. The third-order valence-electron chi connectivity index (χ3n) is 4.42. The summed E-state index contributed by atoms with van der Waals surface area (Å²) in [6.07, 6.45) is 2.87. The summed E-state index contributed by atoms with van der Waals surface area (Å²) in [6, 6.07) is 23.7. The first kappa shape index (κ1) is 13.4. The highest BCUT2D eigenvalue weighted by atomic mass is 16.3. The molecule has 1 atom stereocenters. The van der Waals surface area contributed by atoms with Crippen molar-refractivity contribution in [3.63, 3.8) is 0 Å². The molecule has 0 fully saturated rings. The molecule has 22 heavy (non-hydrogen) atoms. The molecule has 0 bridgehead atoms. The zero-order valence-electron chi connectivity index (χ0n) is 12.5. The van der Waals surface area contributed by atoms with Gasteiger partial charge in [0.15, 0.2) is 0 Å². The Hall–Kier alpha value is -2.32. The van der Waals surface area contributed by atoms with Gasteiger partial charge in [-0.25, -0.2) is 0 Å². The van der Waals surface area contributed by atoms with Gasteiger partial charge in [-0.05, 0) is 35.2 Å². The molecule has 0 radical (unpaired) electrons. The van der Waals surface area contributed by atoms with Gasteiger partial charge in [0.05, 0.1) is 12.3 Å². The third-order valence-corrected chi connectivity index (χ3v) is 4.42. The SMILES string of the molecule is c1ccc(CN2CCc3ccccc3C2c2ccco2)cc1. The number of fused-ring (bicyclic) bond motifs is 1. The zero-order valence-corrected chi connectivity index (χ0v) is 12.5. The zero-order chi connectivity index (χ0) is 14.8. The van der Waals surface area contributed by atoms with Crippen molar-refractivity contribution in [3.05, 3.63) is 95.4 Å². The van der Waals surface area contributed by atoms with E-state index in [9.17, 15) is 0 Å². The van der Waals surface area contributed by atoms with E-state index in [0.29, 0.717) is 0 Å². The summed E-state index contributed by atoms with van der Waals surface area (Å²) in [5.41, 5.74) is 4.16. The van der Waals surface area contributed by atoms with Crippen LogP contribution in [0.25, 0.3) is 0 Å². The van der Waals surface area contributed by atoms with Gasteiger partial charge in [-0.15, -0.1) is 0 Å². The van der Waals surface area contributed by atoms with Crippen molar-refractivity contribution in [3.8, 4) is 0 Å². The second-order valence-corrected chi connectivity index (χ2v) is 5.82. The van der Waals surface area contributed by atoms with Gasteiger partial charge >= 0.3 is 0 Å². The first-order valence-electron chi connectivity index (χ1n) is 7.81. The monoisotopic (exact) mass is 289 g/mol. The first-order chi connectivity index (χ1) is 10.9. The molecule has 1 aromatic heterocycles. The lowest BCUT2D eigenvalue weighted by atomic mass is 9.91. The average molecular weight is 289 g/mol. The van der Waals surface area contributed by atoms with Crippen molar-refractivity contribution in [2.24, 2.45) is 0 Å². The number of hydrogen-bond donors (Lipinski definition) is 0. The number of hydrogen-bond acceptors (Lipinski definition) is 2. The number of rotatable bonds is 3. The maximum Gasteiger partial charge on any atom is 0.125 e. The van der Waals surface area contributed by atoms with Gasteiger partial charge in [-0.3, -0.25) is 4.90 Å². The van der Waals surface area contributed by atoms with Gasteiger partial charge < -0.3 is 4.42 Å². The van der Waals surface area contributed by atoms with Crippen molar-refractivity contribution in [1.82, 2.24) is 4.90 Å². The van der Waals surface area contributed by atoms with Crippen LogP contribution in [0, 0.1) is 0 Å².